The van der Waals surface area contributed by atoms with Crippen molar-refractivity contribution in [1.29, 1.82) is 0 Å². The van der Waals surface area contributed by atoms with Crippen LogP contribution in [0.4, 0.5) is 5.69 Å². The van der Waals surface area contributed by atoms with Crippen LogP contribution in [0, 0.1) is 12.8 Å². The van der Waals surface area contributed by atoms with Crippen molar-refractivity contribution in [2.45, 2.75) is 27.2 Å². The maximum absolute atomic E-state index is 12.1. The SMILES string of the molecule is Cc1cc(N)c(C(=O)N(C)CCC(C)C)cn1. The van der Waals surface area contributed by atoms with Crippen LogP contribution in [-0.2, 0) is 0 Å². The number of carbonyl (C=O) groups excluding carboxylic acids is 1. The lowest BCUT2D eigenvalue weighted by molar-refractivity contribution is 0.0790. The van der Waals surface area contributed by atoms with E-state index in [0.717, 1.165) is 18.7 Å². The number of nitrogen functional groups attached to an aromatic ring is 1. The van der Waals surface area contributed by atoms with Crippen LogP contribution < -0.4 is 5.73 Å². The van der Waals surface area contributed by atoms with E-state index >= 15 is 0 Å². The molecule has 1 heterocycles. The lowest BCUT2D eigenvalue weighted by Gasteiger charge is -2.19. The third-order valence-corrected chi connectivity index (χ3v) is 2.69. The minimum atomic E-state index is -0.0596. The highest BCUT2D eigenvalue weighted by atomic mass is 16.2. The summed E-state index contributed by atoms with van der Waals surface area (Å²) in [4.78, 5) is 17.9. The van der Waals surface area contributed by atoms with Crippen LogP contribution in [0.3, 0.4) is 0 Å². The minimum absolute atomic E-state index is 0.0596. The second-order valence-corrected chi connectivity index (χ2v) is 4.82. The fourth-order valence-electron chi connectivity index (χ4n) is 1.52. The van der Waals surface area contributed by atoms with Crippen LogP contribution in [0.15, 0.2) is 12.3 Å². The molecule has 2 N–H and O–H groups in total. The molecule has 0 aliphatic rings. The molecule has 0 radical (unpaired) electrons. The fourth-order valence-corrected chi connectivity index (χ4v) is 1.52. The van der Waals surface area contributed by atoms with Gasteiger partial charge in [0.25, 0.3) is 5.91 Å². The first kappa shape index (κ1) is 13.5. The summed E-state index contributed by atoms with van der Waals surface area (Å²) in [6.45, 7) is 6.87. The van der Waals surface area contributed by atoms with Gasteiger partial charge in [0.1, 0.15) is 0 Å². The number of carbonyl (C=O) groups is 1. The molecule has 0 saturated carbocycles. The quantitative estimate of drug-likeness (QED) is 0.869. The lowest BCUT2D eigenvalue weighted by Crippen LogP contribution is -2.29. The summed E-state index contributed by atoms with van der Waals surface area (Å²) in [6, 6.07) is 1.73. The number of pyridine rings is 1. The number of aryl methyl sites for hydroxylation is 1. The van der Waals surface area contributed by atoms with Gasteiger partial charge >= 0.3 is 0 Å². The molecule has 0 aliphatic carbocycles. The average Bonchev–Trinajstić information content (AvgIpc) is 2.25. The van der Waals surface area contributed by atoms with Gasteiger partial charge in [-0.1, -0.05) is 13.8 Å². The molecule has 0 atom stereocenters. The van der Waals surface area contributed by atoms with Crippen molar-refractivity contribution in [3.05, 3.63) is 23.5 Å². The van der Waals surface area contributed by atoms with E-state index in [2.05, 4.69) is 18.8 Å². The van der Waals surface area contributed by atoms with Gasteiger partial charge in [-0.3, -0.25) is 9.78 Å². The Labute approximate surface area is 103 Å². The second-order valence-electron chi connectivity index (χ2n) is 4.82. The number of amides is 1. The first-order valence-electron chi connectivity index (χ1n) is 5.89. The number of nitrogens with two attached hydrogens (primary N) is 1. The summed E-state index contributed by atoms with van der Waals surface area (Å²) in [7, 11) is 1.80. The summed E-state index contributed by atoms with van der Waals surface area (Å²) >= 11 is 0. The summed E-state index contributed by atoms with van der Waals surface area (Å²) in [5, 5.41) is 0. The molecule has 0 spiro atoms. The highest BCUT2D eigenvalue weighted by Gasteiger charge is 2.15. The summed E-state index contributed by atoms with van der Waals surface area (Å²) in [5.74, 6) is 0.523. The zero-order valence-corrected chi connectivity index (χ0v) is 11.0. The maximum Gasteiger partial charge on any atom is 0.257 e. The molecule has 0 unspecified atom stereocenters. The molecule has 4 nitrogen and oxygen atoms in total. The molecule has 1 amide bonds. The summed E-state index contributed by atoms with van der Waals surface area (Å²) in [6.07, 6.45) is 2.54. The number of rotatable bonds is 4. The van der Waals surface area contributed by atoms with Crippen LogP contribution in [0.5, 0.6) is 0 Å². The van der Waals surface area contributed by atoms with Crippen molar-refractivity contribution in [1.82, 2.24) is 9.88 Å². The van der Waals surface area contributed by atoms with E-state index in [1.54, 1.807) is 24.2 Å². The first-order chi connectivity index (χ1) is 7.91. The van der Waals surface area contributed by atoms with Crippen LogP contribution >= 0.6 is 0 Å². The van der Waals surface area contributed by atoms with Gasteiger partial charge in [0, 0.05) is 31.2 Å². The monoisotopic (exact) mass is 235 g/mol. The highest BCUT2D eigenvalue weighted by molar-refractivity contribution is 5.98. The number of hydrogen-bond acceptors (Lipinski definition) is 3. The van der Waals surface area contributed by atoms with E-state index < -0.39 is 0 Å². The van der Waals surface area contributed by atoms with Gasteiger partial charge in [0.2, 0.25) is 0 Å². The standard InChI is InChI=1S/C13H21N3O/c1-9(2)5-6-16(4)13(17)11-8-15-10(3)7-12(11)14/h7-9H,5-6H2,1-4H3,(H2,14,15). The Morgan fingerprint density at radius 1 is 1.53 bits per heavy atom. The number of aromatic nitrogens is 1. The molecule has 0 aliphatic heterocycles. The highest BCUT2D eigenvalue weighted by Crippen LogP contribution is 2.14. The number of anilines is 1. The van der Waals surface area contributed by atoms with Gasteiger partial charge in [0.15, 0.2) is 0 Å². The van der Waals surface area contributed by atoms with Gasteiger partial charge in [0.05, 0.1) is 5.56 Å². The van der Waals surface area contributed by atoms with Gasteiger partial charge in [-0.05, 0) is 25.3 Å². The number of hydrogen-bond donors (Lipinski definition) is 1. The van der Waals surface area contributed by atoms with Crippen molar-refractivity contribution >= 4 is 11.6 Å². The van der Waals surface area contributed by atoms with E-state index in [0.29, 0.717) is 17.2 Å². The lowest BCUT2D eigenvalue weighted by atomic mass is 10.1. The smallest absolute Gasteiger partial charge is 0.257 e. The molecular formula is C13H21N3O. The van der Waals surface area contributed by atoms with Gasteiger partial charge < -0.3 is 10.6 Å². The van der Waals surface area contributed by atoms with Crippen LogP contribution in [0.2, 0.25) is 0 Å². The predicted octanol–water partition coefficient (Wildman–Crippen LogP) is 2.09. The molecule has 4 heteroatoms. The Bertz CT molecular complexity index is 402. The van der Waals surface area contributed by atoms with Crippen LogP contribution in [-0.4, -0.2) is 29.4 Å². The third kappa shape index (κ3) is 3.73. The van der Waals surface area contributed by atoms with Crippen molar-refractivity contribution in [3.63, 3.8) is 0 Å². The molecular weight excluding hydrogens is 214 g/mol. The summed E-state index contributed by atoms with van der Waals surface area (Å²) in [5.41, 5.74) is 7.64. The topological polar surface area (TPSA) is 59.2 Å². The molecule has 1 aromatic heterocycles. The molecule has 0 saturated heterocycles. The van der Waals surface area contributed by atoms with E-state index in [1.807, 2.05) is 6.92 Å². The Morgan fingerprint density at radius 2 is 2.18 bits per heavy atom. The van der Waals surface area contributed by atoms with E-state index in [1.165, 1.54) is 0 Å². The molecule has 1 rings (SSSR count). The van der Waals surface area contributed by atoms with Gasteiger partial charge in [-0.25, -0.2) is 0 Å². The van der Waals surface area contributed by atoms with Crippen molar-refractivity contribution in [2.24, 2.45) is 5.92 Å². The molecule has 1 aromatic rings. The zero-order valence-electron chi connectivity index (χ0n) is 11.0. The summed E-state index contributed by atoms with van der Waals surface area (Å²) < 4.78 is 0. The molecule has 0 fully saturated rings. The maximum atomic E-state index is 12.1. The van der Waals surface area contributed by atoms with Crippen molar-refractivity contribution in [2.75, 3.05) is 19.3 Å². The van der Waals surface area contributed by atoms with Crippen LogP contribution in [0.1, 0.15) is 36.3 Å². The normalized spacial score (nSPS) is 10.6. The Hall–Kier alpha value is -1.58. The average molecular weight is 235 g/mol. The van der Waals surface area contributed by atoms with Gasteiger partial charge in [-0.2, -0.15) is 0 Å². The third-order valence-electron chi connectivity index (χ3n) is 2.69. The molecule has 0 aromatic carbocycles. The van der Waals surface area contributed by atoms with Gasteiger partial charge in [-0.15, -0.1) is 0 Å². The zero-order chi connectivity index (χ0) is 13.0. The van der Waals surface area contributed by atoms with Crippen molar-refractivity contribution < 1.29 is 4.79 Å². The first-order valence-corrected chi connectivity index (χ1v) is 5.89. The second kappa shape index (κ2) is 5.66. The van der Waals surface area contributed by atoms with E-state index in [4.69, 9.17) is 5.73 Å². The fraction of sp³-hybridized carbons (Fsp3) is 0.538. The Morgan fingerprint density at radius 3 is 2.71 bits per heavy atom. The molecule has 94 valence electrons. The Balaban J connectivity index is 2.75. The largest absolute Gasteiger partial charge is 0.398 e. The number of nitrogens with zero attached hydrogens (tertiary/aromatic N) is 2. The predicted molar refractivity (Wildman–Crippen MR) is 69.8 cm³/mol. The van der Waals surface area contributed by atoms with E-state index in [-0.39, 0.29) is 5.91 Å². The molecule has 17 heavy (non-hydrogen) atoms. The van der Waals surface area contributed by atoms with Crippen molar-refractivity contribution in [3.8, 4) is 0 Å². The van der Waals surface area contributed by atoms with E-state index in [9.17, 15) is 4.79 Å². The minimum Gasteiger partial charge on any atom is -0.398 e. The Kier molecular flexibility index (Phi) is 4.49. The van der Waals surface area contributed by atoms with Crippen LogP contribution in [0.25, 0.3) is 0 Å². The molecule has 0 bridgehead atoms.